The minimum atomic E-state index is -0.760. The van der Waals surface area contributed by atoms with E-state index in [1.165, 1.54) is 36.5 Å². The summed E-state index contributed by atoms with van der Waals surface area (Å²) in [6, 6.07) is 9.25. The molecule has 0 saturated heterocycles. The number of amides is 1. The first-order valence-corrected chi connectivity index (χ1v) is 8.49. The van der Waals surface area contributed by atoms with Crippen LogP contribution in [0.15, 0.2) is 48.7 Å². The summed E-state index contributed by atoms with van der Waals surface area (Å²) in [4.78, 5) is 35.2. The fourth-order valence-electron chi connectivity index (χ4n) is 2.34. The zero-order valence-electron chi connectivity index (χ0n) is 15.1. The van der Waals surface area contributed by atoms with Crippen LogP contribution in [0.4, 0.5) is 10.2 Å². The SMILES string of the molecule is NCC(C=O)Nc1cc(C(N)=O)nc(-c2ccnc(Oc3ccc(F)cc3)c2)n1. The number of benzene rings is 1. The predicted molar refractivity (Wildman–Crippen MR) is 103 cm³/mol. The summed E-state index contributed by atoms with van der Waals surface area (Å²) in [6.07, 6.45) is 2.10. The molecule has 10 heteroatoms. The minimum Gasteiger partial charge on any atom is -0.439 e. The summed E-state index contributed by atoms with van der Waals surface area (Å²) < 4.78 is 18.6. The Morgan fingerprint density at radius 3 is 2.62 bits per heavy atom. The Kier molecular flexibility index (Phi) is 6.05. The molecule has 3 aromatic rings. The standard InChI is InChI=1S/C19H17FN6O3/c20-12-1-3-14(4-2-12)29-17-7-11(5-6-23-17)19-25-15(18(22)28)8-16(26-19)24-13(9-21)10-27/h1-8,10,13H,9,21H2,(H2,22,28)(H,24,25,26). The van der Waals surface area contributed by atoms with Crippen molar-refractivity contribution in [1.29, 1.82) is 0 Å². The van der Waals surface area contributed by atoms with Crippen LogP contribution in [0.25, 0.3) is 11.4 Å². The maximum atomic E-state index is 13.0. The lowest BCUT2D eigenvalue weighted by Gasteiger charge is -2.13. The van der Waals surface area contributed by atoms with Crippen LogP contribution in [0.1, 0.15) is 10.5 Å². The number of carbonyl (C=O) groups is 2. The number of nitrogens with two attached hydrogens (primary N) is 2. The van der Waals surface area contributed by atoms with Gasteiger partial charge >= 0.3 is 0 Å². The Bertz CT molecular complexity index is 1030. The molecule has 0 aliphatic heterocycles. The Hall–Kier alpha value is -3.92. The number of nitrogens with one attached hydrogen (secondary N) is 1. The van der Waals surface area contributed by atoms with Crippen LogP contribution >= 0.6 is 0 Å². The molecular formula is C19H17FN6O3. The third-order valence-electron chi connectivity index (χ3n) is 3.76. The van der Waals surface area contributed by atoms with Crippen LogP contribution in [0.2, 0.25) is 0 Å². The largest absolute Gasteiger partial charge is 0.439 e. The highest BCUT2D eigenvalue weighted by Crippen LogP contribution is 2.25. The average Bonchev–Trinajstić information content (AvgIpc) is 2.73. The molecule has 29 heavy (non-hydrogen) atoms. The van der Waals surface area contributed by atoms with Gasteiger partial charge in [-0.1, -0.05) is 0 Å². The molecule has 1 amide bonds. The van der Waals surface area contributed by atoms with Gasteiger partial charge in [0.1, 0.15) is 29.4 Å². The van der Waals surface area contributed by atoms with Crippen molar-refractivity contribution in [2.75, 3.05) is 11.9 Å². The molecule has 2 aromatic heterocycles. The third-order valence-corrected chi connectivity index (χ3v) is 3.76. The predicted octanol–water partition coefficient (Wildman–Crippen LogP) is 1.51. The van der Waals surface area contributed by atoms with E-state index in [2.05, 4.69) is 20.3 Å². The molecule has 3 rings (SSSR count). The molecule has 0 spiro atoms. The summed E-state index contributed by atoms with van der Waals surface area (Å²) >= 11 is 0. The molecule has 0 aliphatic rings. The van der Waals surface area contributed by atoms with Gasteiger partial charge in [0.15, 0.2) is 5.82 Å². The summed E-state index contributed by atoms with van der Waals surface area (Å²) in [5, 5.41) is 2.81. The molecule has 1 aromatic carbocycles. The highest BCUT2D eigenvalue weighted by molar-refractivity contribution is 5.92. The first kappa shape index (κ1) is 19.8. The van der Waals surface area contributed by atoms with Gasteiger partial charge in [0, 0.05) is 30.4 Å². The number of nitrogens with zero attached hydrogens (tertiary/aromatic N) is 3. The van der Waals surface area contributed by atoms with E-state index in [1.54, 1.807) is 12.1 Å². The van der Waals surface area contributed by atoms with Crippen molar-refractivity contribution in [2.24, 2.45) is 11.5 Å². The van der Waals surface area contributed by atoms with Crippen molar-refractivity contribution < 1.29 is 18.7 Å². The average molecular weight is 396 g/mol. The zero-order chi connectivity index (χ0) is 20.8. The summed E-state index contributed by atoms with van der Waals surface area (Å²) in [5.41, 5.74) is 11.3. The third kappa shape index (κ3) is 5.08. The number of hydrogen-bond acceptors (Lipinski definition) is 8. The minimum absolute atomic E-state index is 0.0413. The Labute approximate surface area is 164 Å². The van der Waals surface area contributed by atoms with E-state index in [1.807, 2.05) is 0 Å². The molecule has 0 fully saturated rings. The summed E-state index contributed by atoms with van der Waals surface area (Å²) in [7, 11) is 0. The molecule has 0 bridgehead atoms. The van der Waals surface area contributed by atoms with Crippen LogP contribution in [-0.2, 0) is 4.79 Å². The highest BCUT2D eigenvalue weighted by atomic mass is 19.1. The van der Waals surface area contributed by atoms with Gasteiger partial charge in [0.05, 0.1) is 6.04 Å². The Morgan fingerprint density at radius 2 is 1.97 bits per heavy atom. The van der Waals surface area contributed by atoms with Gasteiger partial charge in [-0.2, -0.15) is 0 Å². The molecular weight excluding hydrogens is 379 g/mol. The monoisotopic (exact) mass is 396 g/mol. The van der Waals surface area contributed by atoms with E-state index >= 15 is 0 Å². The topological polar surface area (TPSA) is 146 Å². The van der Waals surface area contributed by atoms with Crippen molar-refractivity contribution in [1.82, 2.24) is 15.0 Å². The number of primary amides is 1. The van der Waals surface area contributed by atoms with E-state index in [9.17, 15) is 14.0 Å². The van der Waals surface area contributed by atoms with Gasteiger partial charge < -0.3 is 26.3 Å². The molecule has 1 unspecified atom stereocenters. The Morgan fingerprint density at radius 1 is 1.21 bits per heavy atom. The summed E-state index contributed by atoms with van der Waals surface area (Å²) in [6.45, 7) is 0.0413. The lowest BCUT2D eigenvalue weighted by molar-refractivity contribution is -0.108. The number of carbonyl (C=O) groups excluding carboxylic acids is 2. The number of ether oxygens (including phenoxy) is 1. The second kappa shape index (κ2) is 8.85. The molecule has 0 saturated carbocycles. The van der Waals surface area contributed by atoms with Gasteiger partial charge in [-0.05, 0) is 30.3 Å². The first-order chi connectivity index (χ1) is 14.0. The van der Waals surface area contributed by atoms with Crippen LogP contribution in [0.5, 0.6) is 11.6 Å². The number of rotatable bonds is 8. The molecule has 2 heterocycles. The second-order valence-electron chi connectivity index (χ2n) is 5.89. The molecule has 0 radical (unpaired) electrons. The number of aldehydes is 1. The number of hydrogen-bond donors (Lipinski definition) is 3. The van der Waals surface area contributed by atoms with Crippen molar-refractivity contribution in [3.8, 4) is 23.0 Å². The maximum Gasteiger partial charge on any atom is 0.267 e. The van der Waals surface area contributed by atoms with E-state index in [-0.39, 0.29) is 35.6 Å². The number of halogens is 1. The number of anilines is 1. The van der Waals surface area contributed by atoms with Crippen molar-refractivity contribution in [2.45, 2.75) is 6.04 Å². The quantitative estimate of drug-likeness (QED) is 0.486. The van der Waals surface area contributed by atoms with Crippen LogP contribution in [-0.4, -0.2) is 39.7 Å². The van der Waals surface area contributed by atoms with Gasteiger partial charge in [0.2, 0.25) is 5.88 Å². The van der Waals surface area contributed by atoms with E-state index in [4.69, 9.17) is 16.2 Å². The van der Waals surface area contributed by atoms with Crippen LogP contribution < -0.4 is 21.5 Å². The molecule has 1 atom stereocenters. The summed E-state index contributed by atoms with van der Waals surface area (Å²) in [5.74, 6) is -0.168. The lowest BCUT2D eigenvalue weighted by Crippen LogP contribution is -2.30. The van der Waals surface area contributed by atoms with Crippen LogP contribution in [0, 0.1) is 5.82 Å². The smallest absolute Gasteiger partial charge is 0.267 e. The normalized spacial score (nSPS) is 11.5. The van der Waals surface area contributed by atoms with E-state index < -0.39 is 11.9 Å². The van der Waals surface area contributed by atoms with Crippen molar-refractivity contribution >= 4 is 18.0 Å². The number of aromatic nitrogens is 3. The van der Waals surface area contributed by atoms with Crippen LogP contribution in [0.3, 0.4) is 0 Å². The van der Waals surface area contributed by atoms with Gasteiger partial charge in [0.25, 0.3) is 5.91 Å². The van der Waals surface area contributed by atoms with E-state index in [0.29, 0.717) is 17.6 Å². The lowest BCUT2D eigenvalue weighted by atomic mass is 10.2. The maximum absolute atomic E-state index is 13.0. The fourth-order valence-corrected chi connectivity index (χ4v) is 2.34. The zero-order valence-corrected chi connectivity index (χ0v) is 15.1. The van der Waals surface area contributed by atoms with Crippen molar-refractivity contribution in [3.05, 3.63) is 60.2 Å². The first-order valence-electron chi connectivity index (χ1n) is 8.49. The van der Waals surface area contributed by atoms with Gasteiger partial charge in [-0.3, -0.25) is 4.79 Å². The Balaban J connectivity index is 1.94. The molecule has 148 valence electrons. The highest BCUT2D eigenvalue weighted by Gasteiger charge is 2.14. The molecule has 5 N–H and O–H groups in total. The van der Waals surface area contributed by atoms with Crippen molar-refractivity contribution in [3.63, 3.8) is 0 Å². The van der Waals surface area contributed by atoms with Gasteiger partial charge in [-0.25, -0.2) is 19.3 Å². The fraction of sp³-hybridized carbons (Fsp3) is 0.105. The molecule has 0 aliphatic carbocycles. The molecule has 9 nitrogen and oxygen atoms in total. The van der Waals surface area contributed by atoms with E-state index in [0.717, 1.165) is 0 Å². The second-order valence-corrected chi connectivity index (χ2v) is 5.89. The van der Waals surface area contributed by atoms with Gasteiger partial charge in [-0.15, -0.1) is 0 Å². The number of pyridine rings is 1.